The van der Waals surface area contributed by atoms with Gasteiger partial charge in [0.15, 0.2) is 0 Å². The average Bonchev–Trinajstić information content (AvgIpc) is 3.20. The second-order valence-corrected chi connectivity index (χ2v) is 11.9. The Morgan fingerprint density at radius 1 is 0.939 bits per heavy atom. The van der Waals surface area contributed by atoms with Gasteiger partial charge >= 0.3 is 0 Å². The van der Waals surface area contributed by atoms with Crippen LogP contribution in [0, 0.1) is 17.7 Å². The van der Waals surface area contributed by atoms with Gasteiger partial charge < -0.3 is 4.90 Å². The number of nitrogens with zero attached hydrogens (tertiary/aromatic N) is 2. The average molecular weight is 516 g/mol. The maximum Gasteiger partial charge on any atom is 0.141 e. The number of piperidine rings is 1. The molecule has 2 aliphatic rings. The number of benzene rings is 2. The number of anilines is 1. The van der Waals surface area contributed by atoms with E-state index in [1.54, 1.807) is 0 Å². The minimum Gasteiger partial charge on any atom is -0.366 e. The van der Waals surface area contributed by atoms with Crippen molar-refractivity contribution in [1.29, 1.82) is 0 Å². The molecule has 178 valence electrons. The van der Waals surface area contributed by atoms with Crippen LogP contribution >= 0.6 is 15.9 Å². The number of halogens is 2. The molecule has 2 fully saturated rings. The van der Waals surface area contributed by atoms with E-state index in [2.05, 4.69) is 84.6 Å². The molecule has 2 aromatic carbocycles. The molecule has 33 heavy (non-hydrogen) atoms. The van der Waals surface area contributed by atoms with Gasteiger partial charge in [-0.2, -0.15) is 0 Å². The van der Waals surface area contributed by atoms with Crippen LogP contribution in [0.2, 0.25) is 0 Å². The Balaban J connectivity index is 1.55. The summed E-state index contributed by atoms with van der Waals surface area (Å²) >= 11 is 3.54. The monoisotopic (exact) mass is 514 g/mol. The van der Waals surface area contributed by atoms with Crippen LogP contribution < -0.4 is 4.90 Å². The molecule has 0 spiro atoms. The molecule has 1 unspecified atom stereocenters. The van der Waals surface area contributed by atoms with Crippen LogP contribution in [0.25, 0.3) is 0 Å². The third-order valence-corrected chi connectivity index (χ3v) is 8.19. The zero-order chi connectivity index (χ0) is 23.9. The number of Topliss-reactive ketones (excluding diaryl/α,β-unsaturated/α-hetero) is 1. The highest BCUT2D eigenvalue weighted by molar-refractivity contribution is 9.10. The fourth-order valence-corrected chi connectivity index (χ4v) is 6.19. The summed E-state index contributed by atoms with van der Waals surface area (Å²) < 4.78 is 14.5. The number of ketones is 1. The molecule has 0 bridgehead atoms. The first kappa shape index (κ1) is 24.4. The summed E-state index contributed by atoms with van der Waals surface area (Å²) in [6.07, 6.45) is 1.69. The van der Waals surface area contributed by atoms with Gasteiger partial charge in [-0.05, 0) is 89.4 Å². The maximum atomic E-state index is 14.0. The lowest BCUT2D eigenvalue weighted by molar-refractivity contribution is -0.128. The van der Waals surface area contributed by atoms with E-state index in [0.717, 1.165) is 36.1 Å². The van der Waals surface area contributed by atoms with Crippen LogP contribution in [0.1, 0.15) is 58.9 Å². The van der Waals surface area contributed by atoms with Gasteiger partial charge in [0.05, 0.1) is 0 Å². The molecule has 0 amide bonds. The highest BCUT2D eigenvalue weighted by Crippen LogP contribution is 2.41. The molecular formula is C28H36BrFN2O. The van der Waals surface area contributed by atoms with Gasteiger partial charge in [0.25, 0.3) is 0 Å². The summed E-state index contributed by atoms with van der Waals surface area (Å²) in [5, 5.41) is 0. The Morgan fingerprint density at radius 2 is 1.52 bits per heavy atom. The molecule has 0 aliphatic carbocycles. The number of hydrogen-bond acceptors (Lipinski definition) is 3. The van der Waals surface area contributed by atoms with E-state index < -0.39 is 0 Å². The molecule has 0 saturated carbocycles. The fourth-order valence-electron chi connectivity index (χ4n) is 5.93. The van der Waals surface area contributed by atoms with E-state index in [1.165, 1.54) is 17.7 Å². The molecule has 2 aliphatic heterocycles. The Labute approximate surface area is 206 Å². The first-order chi connectivity index (χ1) is 15.5. The first-order valence-electron chi connectivity index (χ1n) is 12.1. The Morgan fingerprint density at radius 3 is 2.06 bits per heavy atom. The van der Waals surface area contributed by atoms with Gasteiger partial charge in [0.1, 0.15) is 11.6 Å². The maximum absolute atomic E-state index is 14.0. The third kappa shape index (κ3) is 5.19. The standard InChI is InChI=1S/C28H36BrFN2O/c1-18-14-21(15-19(2)32(18)24-12-10-23(30)11-13-24)27(33)26-17-31(28(3,4)5)16-25(26)20-6-8-22(29)9-7-20/h6-13,18-19,21,25-26H,14-17H2,1-5H3/t18-,19+,21?,25-,26+/m1/s1. The third-order valence-electron chi connectivity index (χ3n) is 7.66. The lowest BCUT2D eigenvalue weighted by atomic mass is 9.76. The number of hydrogen-bond donors (Lipinski definition) is 0. The molecule has 0 radical (unpaired) electrons. The van der Waals surface area contributed by atoms with Crippen molar-refractivity contribution in [2.24, 2.45) is 11.8 Å². The number of rotatable bonds is 4. The van der Waals surface area contributed by atoms with Gasteiger partial charge in [0, 0.05) is 58.6 Å². The van der Waals surface area contributed by atoms with E-state index in [0.29, 0.717) is 5.78 Å². The normalized spacial score (nSPS) is 28.8. The van der Waals surface area contributed by atoms with Crippen LogP contribution in [0.15, 0.2) is 53.0 Å². The fraction of sp³-hybridized carbons (Fsp3) is 0.536. The topological polar surface area (TPSA) is 23.6 Å². The minimum atomic E-state index is -0.215. The van der Waals surface area contributed by atoms with Gasteiger partial charge in [-0.15, -0.1) is 0 Å². The van der Waals surface area contributed by atoms with E-state index >= 15 is 0 Å². The lowest BCUT2D eigenvalue weighted by Crippen LogP contribution is -2.49. The van der Waals surface area contributed by atoms with Gasteiger partial charge in [-0.1, -0.05) is 28.1 Å². The van der Waals surface area contributed by atoms with Gasteiger partial charge in [-0.25, -0.2) is 4.39 Å². The molecule has 2 heterocycles. The number of carbonyl (C=O) groups excluding carboxylic acids is 1. The first-order valence-corrected chi connectivity index (χ1v) is 12.9. The highest BCUT2D eigenvalue weighted by atomic mass is 79.9. The van der Waals surface area contributed by atoms with E-state index in [-0.39, 0.29) is 41.2 Å². The largest absolute Gasteiger partial charge is 0.366 e. The zero-order valence-corrected chi connectivity index (χ0v) is 22.0. The predicted octanol–water partition coefficient (Wildman–Crippen LogP) is 6.66. The second kappa shape index (κ2) is 9.50. The van der Waals surface area contributed by atoms with Crippen molar-refractivity contribution in [1.82, 2.24) is 4.90 Å². The van der Waals surface area contributed by atoms with E-state index in [9.17, 15) is 9.18 Å². The summed E-state index contributed by atoms with van der Waals surface area (Å²) in [7, 11) is 0. The van der Waals surface area contributed by atoms with Crippen molar-refractivity contribution in [3.05, 3.63) is 64.4 Å². The number of carbonyl (C=O) groups is 1. The van der Waals surface area contributed by atoms with Gasteiger partial charge in [-0.3, -0.25) is 9.69 Å². The summed E-state index contributed by atoms with van der Waals surface area (Å²) in [5.41, 5.74) is 2.33. The van der Waals surface area contributed by atoms with Crippen molar-refractivity contribution >= 4 is 27.4 Å². The summed E-state index contributed by atoms with van der Waals surface area (Å²) in [6.45, 7) is 12.9. The Kier molecular flexibility index (Phi) is 7.02. The van der Waals surface area contributed by atoms with Crippen molar-refractivity contribution in [2.45, 2.75) is 71.0 Å². The van der Waals surface area contributed by atoms with Crippen LogP contribution in [0.3, 0.4) is 0 Å². The predicted molar refractivity (Wildman–Crippen MR) is 137 cm³/mol. The van der Waals surface area contributed by atoms with Crippen LogP contribution in [0.5, 0.6) is 0 Å². The quantitative estimate of drug-likeness (QED) is 0.455. The van der Waals surface area contributed by atoms with Gasteiger partial charge in [0.2, 0.25) is 0 Å². The SMILES string of the molecule is C[C@@H]1CC(C(=O)[C@H]2CN(C(C)(C)C)C[C@@H]2c2ccc(Br)cc2)C[C@H](C)N1c1ccc(F)cc1. The molecule has 0 N–H and O–H groups in total. The molecule has 0 aromatic heterocycles. The lowest BCUT2D eigenvalue weighted by Gasteiger charge is -2.44. The van der Waals surface area contributed by atoms with Crippen LogP contribution in [0.4, 0.5) is 10.1 Å². The molecule has 4 rings (SSSR count). The van der Waals surface area contributed by atoms with E-state index in [1.807, 2.05) is 12.1 Å². The smallest absolute Gasteiger partial charge is 0.141 e. The van der Waals surface area contributed by atoms with Crippen molar-refractivity contribution in [3.63, 3.8) is 0 Å². The summed E-state index contributed by atoms with van der Waals surface area (Å²) in [5.74, 6) is 0.521. The molecule has 5 heteroatoms. The van der Waals surface area contributed by atoms with Crippen LogP contribution in [-0.4, -0.2) is 41.4 Å². The second-order valence-electron chi connectivity index (χ2n) is 11.0. The highest BCUT2D eigenvalue weighted by Gasteiger charge is 2.45. The zero-order valence-electron chi connectivity index (χ0n) is 20.4. The molecule has 2 saturated heterocycles. The molecule has 3 nitrogen and oxygen atoms in total. The minimum absolute atomic E-state index is 0.0205. The van der Waals surface area contributed by atoms with Crippen molar-refractivity contribution in [2.75, 3.05) is 18.0 Å². The molecular weight excluding hydrogens is 479 g/mol. The van der Waals surface area contributed by atoms with Crippen LogP contribution in [-0.2, 0) is 4.79 Å². The Hall–Kier alpha value is -1.72. The molecule has 2 aromatic rings. The van der Waals surface area contributed by atoms with Crippen molar-refractivity contribution < 1.29 is 9.18 Å². The number of likely N-dealkylation sites (tertiary alicyclic amines) is 1. The summed E-state index contributed by atoms with van der Waals surface area (Å²) in [6, 6.07) is 15.7. The Bertz CT molecular complexity index is 957. The summed E-state index contributed by atoms with van der Waals surface area (Å²) in [4.78, 5) is 18.8. The van der Waals surface area contributed by atoms with Crippen molar-refractivity contribution in [3.8, 4) is 0 Å². The van der Waals surface area contributed by atoms with E-state index in [4.69, 9.17) is 0 Å². The molecule has 5 atom stereocenters.